The number of H-pyrrole nitrogens is 1. The highest BCUT2D eigenvalue weighted by Crippen LogP contribution is 2.22. The fourth-order valence-corrected chi connectivity index (χ4v) is 2.40. The standard InChI is InChI=1S/C17H24N2/c1-3-4-5-14-6-8-15(9-7-14)17-12-16(10-11-18)13(2)19-17/h6-9,12,19H,3-5,10-11,18H2,1-2H3. The third-order valence-electron chi connectivity index (χ3n) is 3.62. The van der Waals surface area contributed by atoms with E-state index in [9.17, 15) is 0 Å². The van der Waals surface area contributed by atoms with Crippen molar-refractivity contribution in [3.63, 3.8) is 0 Å². The minimum absolute atomic E-state index is 0.702. The first-order chi connectivity index (χ1) is 9.24. The Labute approximate surface area is 116 Å². The largest absolute Gasteiger partial charge is 0.358 e. The molecule has 102 valence electrons. The number of hydrogen-bond donors (Lipinski definition) is 2. The average Bonchev–Trinajstić information content (AvgIpc) is 2.79. The van der Waals surface area contributed by atoms with Crippen molar-refractivity contribution in [2.24, 2.45) is 5.73 Å². The molecule has 0 saturated carbocycles. The van der Waals surface area contributed by atoms with Gasteiger partial charge in [0.25, 0.3) is 0 Å². The fourth-order valence-electron chi connectivity index (χ4n) is 2.40. The van der Waals surface area contributed by atoms with E-state index in [4.69, 9.17) is 5.73 Å². The van der Waals surface area contributed by atoms with Crippen LogP contribution in [0, 0.1) is 6.92 Å². The van der Waals surface area contributed by atoms with Crippen molar-refractivity contribution >= 4 is 0 Å². The molecule has 1 aromatic heterocycles. The molecule has 2 nitrogen and oxygen atoms in total. The van der Waals surface area contributed by atoms with Crippen molar-refractivity contribution in [2.75, 3.05) is 6.54 Å². The van der Waals surface area contributed by atoms with E-state index in [-0.39, 0.29) is 0 Å². The second-order valence-electron chi connectivity index (χ2n) is 5.17. The van der Waals surface area contributed by atoms with Crippen LogP contribution in [-0.4, -0.2) is 11.5 Å². The van der Waals surface area contributed by atoms with Crippen molar-refractivity contribution in [3.8, 4) is 11.3 Å². The van der Waals surface area contributed by atoms with Gasteiger partial charge < -0.3 is 10.7 Å². The van der Waals surface area contributed by atoms with Crippen LogP contribution in [0.15, 0.2) is 30.3 Å². The maximum absolute atomic E-state index is 5.63. The van der Waals surface area contributed by atoms with Crippen molar-refractivity contribution in [1.82, 2.24) is 4.98 Å². The Morgan fingerprint density at radius 2 is 1.84 bits per heavy atom. The zero-order chi connectivity index (χ0) is 13.7. The summed E-state index contributed by atoms with van der Waals surface area (Å²) in [6.45, 7) is 5.05. The first-order valence-corrected chi connectivity index (χ1v) is 7.22. The van der Waals surface area contributed by atoms with E-state index in [2.05, 4.69) is 49.2 Å². The third-order valence-corrected chi connectivity index (χ3v) is 3.62. The second-order valence-corrected chi connectivity index (χ2v) is 5.17. The summed E-state index contributed by atoms with van der Waals surface area (Å²) in [6.07, 6.45) is 4.64. The molecule has 1 heterocycles. The Kier molecular flexibility index (Phi) is 4.80. The summed E-state index contributed by atoms with van der Waals surface area (Å²) in [5.41, 5.74) is 12.1. The van der Waals surface area contributed by atoms with Crippen molar-refractivity contribution in [1.29, 1.82) is 0 Å². The van der Waals surface area contributed by atoms with Crippen LogP contribution in [0.3, 0.4) is 0 Å². The van der Waals surface area contributed by atoms with Crippen molar-refractivity contribution < 1.29 is 0 Å². The fraction of sp³-hybridized carbons (Fsp3) is 0.412. The maximum atomic E-state index is 5.63. The molecule has 3 N–H and O–H groups in total. The summed E-state index contributed by atoms with van der Waals surface area (Å²) in [6, 6.07) is 11.1. The predicted molar refractivity (Wildman–Crippen MR) is 82.3 cm³/mol. The molecule has 0 fully saturated rings. The van der Waals surface area contributed by atoms with Crippen LogP contribution in [-0.2, 0) is 12.8 Å². The lowest BCUT2D eigenvalue weighted by Crippen LogP contribution is -2.02. The highest BCUT2D eigenvalue weighted by atomic mass is 14.7. The molecule has 2 rings (SSSR count). The molecule has 0 aliphatic carbocycles. The average molecular weight is 256 g/mol. The number of hydrogen-bond acceptors (Lipinski definition) is 1. The van der Waals surface area contributed by atoms with Crippen LogP contribution in [0.4, 0.5) is 0 Å². The van der Waals surface area contributed by atoms with Gasteiger partial charge in [0.15, 0.2) is 0 Å². The van der Waals surface area contributed by atoms with Crippen LogP contribution < -0.4 is 5.73 Å². The molecule has 1 aromatic carbocycles. The van der Waals surface area contributed by atoms with Crippen LogP contribution in [0.25, 0.3) is 11.3 Å². The van der Waals surface area contributed by atoms with E-state index < -0.39 is 0 Å². The van der Waals surface area contributed by atoms with Crippen LogP contribution in [0.1, 0.15) is 36.6 Å². The zero-order valence-corrected chi connectivity index (χ0v) is 12.0. The Morgan fingerprint density at radius 3 is 2.47 bits per heavy atom. The van der Waals surface area contributed by atoms with E-state index in [1.54, 1.807) is 0 Å². The monoisotopic (exact) mass is 256 g/mol. The third kappa shape index (κ3) is 3.48. The van der Waals surface area contributed by atoms with Gasteiger partial charge in [0.1, 0.15) is 0 Å². The van der Waals surface area contributed by atoms with Gasteiger partial charge in [-0.15, -0.1) is 0 Å². The predicted octanol–water partition coefficient (Wildman–Crippen LogP) is 3.83. The van der Waals surface area contributed by atoms with E-state index in [1.165, 1.54) is 47.3 Å². The highest BCUT2D eigenvalue weighted by Gasteiger charge is 2.05. The molecule has 0 atom stereocenters. The summed E-state index contributed by atoms with van der Waals surface area (Å²) in [7, 11) is 0. The van der Waals surface area contributed by atoms with Crippen LogP contribution in [0.5, 0.6) is 0 Å². The Bertz CT molecular complexity index is 509. The van der Waals surface area contributed by atoms with Gasteiger partial charge in [-0.3, -0.25) is 0 Å². The van der Waals surface area contributed by atoms with Gasteiger partial charge in [-0.25, -0.2) is 0 Å². The number of nitrogens with two attached hydrogens (primary N) is 1. The summed E-state index contributed by atoms with van der Waals surface area (Å²) in [4.78, 5) is 3.45. The smallest absolute Gasteiger partial charge is 0.0458 e. The van der Waals surface area contributed by atoms with Crippen molar-refractivity contribution in [2.45, 2.75) is 39.5 Å². The highest BCUT2D eigenvalue weighted by molar-refractivity contribution is 5.61. The van der Waals surface area contributed by atoms with E-state index in [0.29, 0.717) is 6.54 Å². The molecular formula is C17H24N2. The number of aromatic nitrogens is 1. The summed E-state index contributed by atoms with van der Waals surface area (Å²) < 4.78 is 0. The normalized spacial score (nSPS) is 10.9. The van der Waals surface area contributed by atoms with Gasteiger partial charge in [0.2, 0.25) is 0 Å². The van der Waals surface area contributed by atoms with Crippen LogP contribution >= 0.6 is 0 Å². The number of aromatic amines is 1. The minimum Gasteiger partial charge on any atom is -0.358 e. The van der Waals surface area contributed by atoms with Gasteiger partial charge in [-0.2, -0.15) is 0 Å². The van der Waals surface area contributed by atoms with Gasteiger partial charge in [-0.1, -0.05) is 37.6 Å². The lowest BCUT2D eigenvalue weighted by molar-refractivity contribution is 0.795. The molecule has 19 heavy (non-hydrogen) atoms. The minimum atomic E-state index is 0.702. The summed E-state index contributed by atoms with van der Waals surface area (Å²) >= 11 is 0. The molecule has 0 aliphatic heterocycles. The molecule has 2 aromatic rings. The van der Waals surface area contributed by atoms with Gasteiger partial charge in [-0.05, 0) is 55.5 Å². The van der Waals surface area contributed by atoms with Gasteiger partial charge in [0, 0.05) is 11.4 Å². The number of nitrogens with one attached hydrogen (secondary N) is 1. The molecule has 0 spiro atoms. The van der Waals surface area contributed by atoms with Crippen LogP contribution in [0.2, 0.25) is 0 Å². The Hall–Kier alpha value is -1.54. The van der Waals surface area contributed by atoms with Crippen molar-refractivity contribution in [3.05, 3.63) is 47.2 Å². The molecule has 2 heteroatoms. The van der Waals surface area contributed by atoms with E-state index >= 15 is 0 Å². The molecule has 0 radical (unpaired) electrons. The van der Waals surface area contributed by atoms with E-state index in [0.717, 1.165) is 6.42 Å². The van der Waals surface area contributed by atoms with E-state index in [1.807, 2.05) is 0 Å². The molecule has 0 unspecified atom stereocenters. The number of aryl methyl sites for hydroxylation is 2. The molecule has 0 bridgehead atoms. The summed E-state index contributed by atoms with van der Waals surface area (Å²) in [5, 5.41) is 0. The Morgan fingerprint density at radius 1 is 1.11 bits per heavy atom. The Balaban J connectivity index is 2.15. The number of unbranched alkanes of at least 4 members (excludes halogenated alkanes) is 1. The first kappa shape index (κ1) is 13.9. The maximum Gasteiger partial charge on any atom is 0.0458 e. The lowest BCUT2D eigenvalue weighted by Gasteiger charge is -2.02. The number of rotatable bonds is 6. The molecular weight excluding hydrogens is 232 g/mol. The lowest BCUT2D eigenvalue weighted by atomic mass is 10.0. The molecule has 0 saturated heterocycles. The SMILES string of the molecule is CCCCc1ccc(-c2cc(CCN)c(C)[nH]2)cc1. The second kappa shape index (κ2) is 6.58. The summed E-state index contributed by atoms with van der Waals surface area (Å²) in [5.74, 6) is 0. The first-order valence-electron chi connectivity index (χ1n) is 7.22. The number of benzene rings is 1. The molecule has 0 amide bonds. The van der Waals surface area contributed by atoms with Gasteiger partial charge >= 0.3 is 0 Å². The molecule has 0 aliphatic rings. The van der Waals surface area contributed by atoms with Gasteiger partial charge in [0.05, 0.1) is 0 Å². The zero-order valence-electron chi connectivity index (χ0n) is 12.0. The quantitative estimate of drug-likeness (QED) is 0.810. The topological polar surface area (TPSA) is 41.8 Å².